The van der Waals surface area contributed by atoms with Crippen molar-refractivity contribution in [1.29, 1.82) is 0 Å². The molecule has 0 aromatic rings. The van der Waals surface area contributed by atoms with Crippen LogP contribution in [0.5, 0.6) is 0 Å². The third kappa shape index (κ3) is 10.9. The van der Waals surface area contributed by atoms with Gasteiger partial charge in [-0.3, -0.25) is 33.6 Å². The van der Waals surface area contributed by atoms with Crippen molar-refractivity contribution in [2.24, 2.45) is 20.0 Å². The molecule has 0 radical (unpaired) electrons. The summed E-state index contributed by atoms with van der Waals surface area (Å²) in [5.74, 6) is -10.4. The highest BCUT2D eigenvalue weighted by Crippen LogP contribution is 2.41. The highest BCUT2D eigenvalue weighted by Gasteiger charge is 2.34. The Morgan fingerprint density at radius 1 is 0.361 bits per heavy atom. The maximum Gasteiger partial charge on any atom is 0.346 e. The molecule has 8 N–H and O–H groups in total. The average molecular weight is 845 g/mol. The molecule has 21 heteroatoms. The van der Waals surface area contributed by atoms with Crippen LogP contribution in [0, 0.1) is 0 Å². The van der Waals surface area contributed by atoms with Crippen molar-refractivity contribution in [3.8, 4) is 0 Å². The Labute approximate surface area is 343 Å². The zero-order chi connectivity index (χ0) is 44.7. The topological polar surface area (TPSA) is 357 Å². The highest BCUT2D eigenvalue weighted by molar-refractivity contribution is 6.22. The Hall–Kier alpha value is -7.68. The normalized spacial score (nSPS) is 16.9. The number of hydrogen-bond donors (Lipinski definition) is 8. The second-order valence-corrected chi connectivity index (χ2v) is 13.9. The fraction of sp³-hybridized carbons (Fsp3) is 0.300. The van der Waals surface area contributed by atoms with Gasteiger partial charge in [0.2, 0.25) is 0 Å². The molecule has 0 aromatic carbocycles. The molecule has 0 aromatic heterocycles. The van der Waals surface area contributed by atoms with Crippen LogP contribution in [0.2, 0.25) is 0 Å². The van der Waals surface area contributed by atoms with Gasteiger partial charge in [0.25, 0.3) is 0 Å². The number of carboxylic acid groups (broad SMARTS) is 7. The van der Waals surface area contributed by atoms with Crippen LogP contribution in [-0.4, -0.2) is 112 Å². The summed E-state index contributed by atoms with van der Waals surface area (Å²) in [6.07, 6.45) is -1.11. The zero-order valence-corrected chi connectivity index (χ0v) is 31.8. The van der Waals surface area contributed by atoms with Gasteiger partial charge in [-0.25, -0.2) is 24.8 Å². The quantitative estimate of drug-likeness (QED) is 0.0637. The molecule has 61 heavy (non-hydrogen) atoms. The van der Waals surface area contributed by atoms with Gasteiger partial charge in [-0.2, -0.15) is 5.26 Å². The number of carbonyl (C=O) groups is 8. The molecule has 0 saturated carbocycles. The van der Waals surface area contributed by atoms with E-state index in [1.165, 1.54) is 24.3 Å². The standard InChI is InChI=1S/C40H36N4O17/c45-33(46)5-1-17-21(9-37(53)54)29-13-26-18(2-6-34(47)48)22(10-38(55)56)31(42-26)15-28-20(4-8-36(51)52)24(12-40(59)61-60)32(44-28)16-27-19(3-7-35(49)50)23(11-39(57)58)30(43-27)14-25(17)41-29/h13-16,60H,1-12H2,(H,45,46)(H,47,48)(H,49,50)(H,51,52)(H,53,54)(H,55,56)(H,57,58). The van der Waals surface area contributed by atoms with Gasteiger partial charge in [-0.15, -0.1) is 0 Å². The van der Waals surface area contributed by atoms with E-state index >= 15 is 0 Å². The molecule has 0 amide bonds. The van der Waals surface area contributed by atoms with E-state index in [9.17, 15) is 79.4 Å². The monoisotopic (exact) mass is 844 g/mol. The number of carboxylic acids is 7. The zero-order valence-electron chi connectivity index (χ0n) is 31.8. The third-order valence-corrected chi connectivity index (χ3v) is 9.75. The van der Waals surface area contributed by atoms with Crippen LogP contribution in [0.1, 0.15) is 77.0 Å². The van der Waals surface area contributed by atoms with Crippen LogP contribution < -0.4 is 0 Å². The summed E-state index contributed by atoms with van der Waals surface area (Å²) in [4.78, 5) is 119. The van der Waals surface area contributed by atoms with Gasteiger partial charge >= 0.3 is 47.8 Å². The molecular weight excluding hydrogens is 808 g/mol. The van der Waals surface area contributed by atoms with Crippen LogP contribution >= 0.6 is 0 Å². The van der Waals surface area contributed by atoms with Crippen LogP contribution in [0.3, 0.4) is 0 Å². The van der Waals surface area contributed by atoms with E-state index in [2.05, 4.69) is 24.9 Å². The van der Waals surface area contributed by atoms with Gasteiger partial charge in [0.05, 0.1) is 71.3 Å². The van der Waals surface area contributed by atoms with E-state index in [0.717, 1.165) is 0 Å². The second-order valence-electron chi connectivity index (χ2n) is 13.9. The number of nitrogens with zero attached hydrogens (tertiary/aromatic N) is 4. The summed E-state index contributed by atoms with van der Waals surface area (Å²) in [5.41, 5.74) is -0.212. The first-order valence-electron chi connectivity index (χ1n) is 18.3. The Morgan fingerprint density at radius 3 is 0.787 bits per heavy atom. The Kier molecular flexibility index (Phi) is 13.8. The number of aliphatic carboxylic acids is 7. The van der Waals surface area contributed by atoms with Gasteiger partial charge in [0, 0.05) is 25.7 Å². The summed E-state index contributed by atoms with van der Waals surface area (Å²) < 4.78 is 0. The molecule has 0 fully saturated rings. The molecule has 318 valence electrons. The number of fused-ring (bicyclic) bond motifs is 4. The van der Waals surface area contributed by atoms with Crippen molar-refractivity contribution in [1.82, 2.24) is 0 Å². The molecule has 5 rings (SSSR count). The minimum Gasteiger partial charge on any atom is -0.481 e. The first-order valence-corrected chi connectivity index (χ1v) is 18.3. The van der Waals surface area contributed by atoms with Gasteiger partial charge in [0.1, 0.15) is 0 Å². The highest BCUT2D eigenvalue weighted by atomic mass is 17.1. The number of allylic oxidation sites excluding steroid dienone is 8. The lowest BCUT2D eigenvalue weighted by Crippen LogP contribution is -2.10. The Balaban J connectivity index is 1.95. The Bertz CT molecular complexity index is 2450. The van der Waals surface area contributed by atoms with Crippen molar-refractivity contribution in [3.05, 3.63) is 91.7 Å². The minimum atomic E-state index is -1.37. The van der Waals surface area contributed by atoms with Crippen molar-refractivity contribution in [3.63, 3.8) is 0 Å². The molecule has 0 aliphatic carbocycles. The smallest absolute Gasteiger partial charge is 0.346 e. The van der Waals surface area contributed by atoms with E-state index in [1.54, 1.807) is 0 Å². The summed E-state index contributed by atoms with van der Waals surface area (Å²) in [6, 6.07) is 0. The molecule has 8 bridgehead atoms. The van der Waals surface area contributed by atoms with Crippen molar-refractivity contribution >= 4 is 70.6 Å². The van der Waals surface area contributed by atoms with Gasteiger partial charge in [-0.05, 0) is 94.6 Å². The number of rotatable bonds is 20. The van der Waals surface area contributed by atoms with Crippen LogP contribution in [-0.2, 0) is 43.2 Å². The summed E-state index contributed by atoms with van der Waals surface area (Å²) >= 11 is 0. The molecular formula is C40H36N4O17. The molecule has 0 unspecified atom stereocenters. The van der Waals surface area contributed by atoms with Gasteiger partial charge in [-0.1, -0.05) is 0 Å². The van der Waals surface area contributed by atoms with E-state index in [-0.39, 0.29) is 116 Å². The SMILES string of the molecule is O=C(O)CCC1=C(CC(=O)O)C2=NC1=CC1=NC(=CC3=NC(=CC4=NC(=C2)C(CCC(=O)O)=C4CC(=O)O)C(CCC(=O)O)=C3CC(=O)OO)C(CCC(=O)O)=C1CC(=O)O. The van der Waals surface area contributed by atoms with E-state index in [1.807, 2.05) is 0 Å². The average Bonchev–Trinajstić information content (AvgIpc) is 3.84. The van der Waals surface area contributed by atoms with Gasteiger partial charge < -0.3 is 40.6 Å². The number of carbonyl (C=O) groups excluding carboxylic acids is 1. The second kappa shape index (κ2) is 18.9. The van der Waals surface area contributed by atoms with Gasteiger partial charge in [0.15, 0.2) is 0 Å². The molecule has 5 heterocycles. The maximum atomic E-state index is 12.6. The predicted molar refractivity (Wildman–Crippen MR) is 208 cm³/mol. The van der Waals surface area contributed by atoms with E-state index in [0.29, 0.717) is 0 Å². The molecule has 5 aliphatic rings. The fourth-order valence-corrected chi connectivity index (χ4v) is 7.23. The third-order valence-electron chi connectivity index (χ3n) is 9.75. The lowest BCUT2D eigenvalue weighted by Gasteiger charge is -2.10. The largest absolute Gasteiger partial charge is 0.481 e. The minimum absolute atomic E-state index is 0.00114. The first-order chi connectivity index (χ1) is 28.8. The fourth-order valence-electron chi connectivity index (χ4n) is 7.23. The van der Waals surface area contributed by atoms with E-state index < -0.39 is 99.1 Å². The van der Waals surface area contributed by atoms with Crippen LogP contribution in [0.25, 0.3) is 0 Å². The Morgan fingerprint density at radius 2 is 0.590 bits per heavy atom. The first kappa shape index (κ1) is 44.4. The summed E-state index contributed by atoms with van der Waals surface area (Å²) in [5, 5.41) is 77.9. The molecule has 21 nitrogen and oxygen atoms in total. The maximum absolute atomic E-state index is 12.6. The number of hydrogen-bond acceptors (Lipinski definition) is 14. The molecule has 0 spiro atoms. The van der Waals surface area contributed by atoms with Crippen molar-refractivity contribution in [2.75, 3.05) is 0 Å². The van der Waals surface area contributed by atoms with Crippen molar-refractivity contribution < 1.29 is 84.2 Å². The molecule has 0 atom stereocenters. The van der Waals surface area contributed by atoms with Crippen molar-refractivity contribution in [2.45, 2.75) is 77.0 Å². The molecule has 5 aliphatic heterocycles. The summed E-state index contributed by atoms with van der Waals surface area (Å²) in [6.45, 7) is 0. The van der Waals surface area contributed by atoms with Crippen LogP contribution in [0.15, 0.2) is 112 Å². The number of aliphatic imine (C=N–C) groups is 4. The predicted octanol–water partition coefficient (Wildman–Crippen LogP) is 3.83. The lowest BCUT2D eigenvalue weighted by molar-refractivity contribution is -0.233. The summed E-state index contributed by atoms with van der Waals surface area (Å²) in [7, 11) is 0. The van der Waals surface area contributed by atoms with E-state index in [4.69, 9.17) is 0 Å². The van der Waals surface area contributed by atoms with Crippen LogP contribution in [0.4, 0.5) is 0 Å². The lowest BCUT2D eigenvalue weighted by atomic mass is 9.92. The molecule has 0 saturated heterocycles.